The van der Waals surface area contributed by atoms with E-state index in [1.807, 2.05) is 0 Å². The minimum absolute atomic E-state index is 0.137. The maximum Gasteiger partial charge on any atom is 0.270 e. The Hall–Kier alpha value is -1.62. The molecule has 0 spiro atoms. The van der Waals surface area contributed by atoms with Crippen LogP contribution in [0.5, 0.6) is 0 Å². The number of halogens is 1. The highest BCUT2D eigenvalue weighted by molar-refractivity contribution is 6.33. The number of non-ortho nitro benzene ring substituents is 1. The van der Waals surface area contributed by atoms with Crippen molar-refractivity contribution < 1.29 is 9.72 Å². The Bertz CT molecular complexity index is 506. The number of nitrogens with one attached hydrogen (secondary N) is 1. The summed E-state index contributed by atoms with van der Waals surface area (Å²) in [6, 6.07) is 3.88. The minimum Gasteiger partial charge on any atom is -0.352 e. The van der Waals surface area contributed by atoms with Crippen molar-refractivity contribution in [3.8, 4) is 0 Å². The fourth-order valence-corrected chi connectivity index (χ4v) is 2.28. The molecule has 0 heterocycles. The Morgan fingerprint density at radius 2 is 2.14 bits per heavy atom. The summed E-state index contributed by atoms with van der Waals surface area (Å²) in [4.78, 5) is 22.3. The van der Waals surface area contributed by atoms with E-state index in [0.29, 0.717) is 12.5 Å². The molecule has 0 saturated heterocycles. The first kappa shape index (κ1) is 17.4. The summed E-state index contributed by atoms with van der Waals surface area (Å²) in [5.41, 5.74) is 0.0128. The average Bonchev–Trinajstić information content (AvgIpc) is 2.47. The molecule has 1 aromatic rings. The number of benzene rings is 1. The summed E-state index contributed by atoms with van der Waals surface area (Å²) >= 11 is 5.95. The molecule has 0 aliphatic rings. The van der Waals surface area contributed by atoms with E-state index in [9.17, 15) is 14.9 Å². The molecule has 1 N–H and O–H groups in total. The second-order valence-corrected chi connectivity index (χ2v) is 5.45. The molecule has 1 unspecified atom stereocenters. The Labute approximate surface area is 129 Å². The third kappa shape index (κ3) is 5.34. The molecular formula is C15H21ClN2O3. The molecule has 1 atom stereocenters. The second kappa shape index (κ2) is 8.62. The third-order valence-electron chi connectivity index (χ3n) is 3.50. The normalized spacial score (nSPS) is 12.0. The maximum absolute atomic E-state index is 12.1. The van der Waals surface area contributed by atoms with Gasteiger partial charge in [-0.25, -0.2) is 0 Å². The predicted molar refractivity (Wildman–Crippen MR) is 83.7 cm³/mol. The molecule has 1 amide bonds. The van der Waals surface area contributed by atoms with Crippen LogP contribution in [0, 0.1) is 16.0 Å². The van der Waals surface area contributed by atoms with Gasteiger partial charge in [0.25, 0.3) is 11.6 Å². The van der Waals surface area contributed by atoms with E-state index >= 15 is 0 Å². The van der Waals surface area contributed by atoms with Gasteiger partial charge in [0.1, 0.15) is 0 Å². The van der Waals surface area contributed by atoms with Crippen molar-refractivity contribution in [1.82, 2.24) is 5.32 Å². The highest BCUT2D eigenvalue weighted by Gasteiger charge is 2.16. The van der Waals surface area contributed by atoms with Crippen molar-refractivity contribution in [3.63, 3.8) is 0 Å². The van der Waals surface area contributed by atoms with Gasteiger partial charge in [-0.1, -0.05) is 44.7 Å². The van der Waals surface area contributed by atoms with E-state index in [4.69, 9.17) is 11.6 Å². The van der Waals surface area contributed by atoms with Crippen molar-refractivity contribution in [2.24, 2.45) is 5.92 Å². The zero-order valence-electron chi connectivity index (χ0n) is 12.4. The molecule has 6 heteroatoms. The number of carbonyl (C=O) groups excluding carboxylic acids is 1. The number of rotatable bonds is 8. The molecular weight excluding hydrogens is 292 g/mol. The molecule has 0 saturated carbocycles. The van der Waals surface area contributed by atoms with Crippen molar-refractivity contribution in [2.75, 3.05) is 6.54 Å². The van der Waals surface area contributed by atoms with Gasteiger partial charge in [0.2, 0.25) is 0 Å². The zero-order valence-corrected chi connectivity index (χ0v) is 13.2. The summed E-state index contributed by atoms with van der Waals surface area (Å²) in [5.74, 6) is 0.0602. The number of hydrogen-bond donors (Lipinski definition) is 1. The van der Waals surface area contributed by atoms with Gasteiger partial charge in [-0.2, -0.15) is 0 Å². The summed E-state index contributed by atoms with van der Waals surface area (Å²) in [7, 11) is 0. The van der Waals surface area contributed by atoms with Gasteiger partial charge in [0, 0.05) is 18.7 Å². The summed E-state index contributed by atoms with van der Waals surface area (Å²) < 4.78 is 0. The molecule has 0 radical (unpaired) electrons. The van der Waals surface area contributed by atoms with Crippen LogP contribution >= 0.6 is 11.6 Å². The monoisotopic (exact) mass is 312 g/mol. The number of nitro groups is 1. The van der Waals surface area contributed by atoms with Crippen LogP contribution in [-0.4, -0.2) is 17.4 Å². The lowest BCUT2D eigenvalue weighted by Crippen LogP contribution is -2.29. The lowest BCUT2D eigenvalue weighted by atomic mass is 9.99. The Kier molecular flexibility index (Phi) is 7.15. The Morgan fingerprint density at radius 3 is 2.71 bits per heavy atom. The Balaban J connectivity index is 2.70. The SMILES string of the molecule is CCCCC(CC)CNC(=O)c1cc([N+](=O)[O-])ccc1Cl. The number of carbonyl (C=O) groups is 1. The van der Waals surface area contributed by atoms with Gasteiger partial charge in [-0.05, 0) is 18.4 Å². The van der Waals surface area contributed by atoms with Crippen LogP contribution in [0.1, 0.15) is 49.9 Å². The first-order valence-corrected chi connectivity index (χ1v) is 7.59. The van der Waals surface area contributed by atoms with E-state index in [0.717, 1.165) is 25.7 Å². The highest BCUT2D eigenvalue weighted by atomic mass is 35.5. The van der Waals surface area contributed by atoms with E-state index in [2.05, 4.69) is 19.2 Å². The van der Waals surface area contributed by atoms with Gasteiger partial charge in [0.15, 0.2) is 0 Å². The van der Waals surface area contributed by atoms with Crippen LogP contribution < -0.4 is 5.32 Å². The Morgan fingerprint density at radius 1 is 1.43 bits per heavy atom. The quantitative estimate of drug-likeness (QED) is 0.577. The smallest absolute Gasteiger partial charge is 0.270 e. The summed E-state index contributed by atoms with van der Waals surface area (Å²) in [6.07, 6.45) is 4.31. The fraction of sp³-hybridized carbons (Fsp3) is 0.533. The third-order valence-corrected chi connectivity index (χ3v) is 3.83. The number of nitrogens with zero attached hydrogens (tertiary/aromatic N) is 1. The fourth-order valence-electron chi connectivity index (χ4n) is 2.08. The van der Waals surface area contributed by atoms with Crippen LogP contribution in [0.25, 0.3) is 0 Å². The van der Waals surface area contributed by atoms with Crippen LogP contribution in [0.15, 0.2) is 18.2 Å². The van der Waals surface area contributed by atoms with Crippen LogP contribution in [0.3, 0.4) is 0 Å². The number of amides is 1. The van der Waals surface area contributed by atoms with E-state index in [-0.39, 0.29) is 22.2 Å². The van der Waals surface area contributed by atoms with E-state index < -0.39 is 4.92 Å². The van der Waals surface area contributed by atoms with E-state index in [1.165, 1.54) is 18.2 Å². The highest BCUT2D eigenvalue weighted by Crippen LogP contribution is 2.22. The topological polar surface area (TPSA) is 72.2 Å². The zero-order chi connectivity index (χ0) is 15.8. The van der Waals surface area contributed by atoms with Crippen LogP contribution in [-0.2, 0) is 0 Å². The molecule has 0 aliphatic carbocycles. The van der Waals surface area contributed by atoms with Crippen molar-refractivity contribution in [3.05, 3.63) is 38.9 Å². The second-order valence-electron chi connectivity index (χ2n) is 5.05. The molecule has 116 valence electrons. The van der Waals surface area contributed by atoms with Gasteiger partial charge >= 0.3 is 0 Å². The maximum atomic E-state index is 12.1. The average molecular weight is 313 g/mol. The molecule has 0 fully saturated rings. The van der Waals surface area contributed by atoms with Crippen molar-refractivity contribution in [2.45, 2.75) is 39.5 Å². The molecule has 0 aromatic heterocycles. The summed E-state index contributed by atoms with van der Waals surface area (Å²) in [5, 5.41) is 13.8. The van der Waals surface area contributed by atoms with E-state index in [1.54, 1.807) is 0 Å². The number of unbranched alkanes of at least 4 members (excludes halogenated alkanes) is 1. The van der Waals surface area contributed by atoms with Crippen molar-refractivity contribution in [1.29, 1.82) is 0 Å². The first-order valence-electron chi connectivity index (χ1n) is 7.21. The lowest BCUT2D eigenvalue weighted by molar-refractivity contribution is -0.384. The minimum atomic E-state index is -0.538. The van der Waals surface area contributed by atoms with Crippen molar-refractivity contribution >= 4 is 23.2 Å². The van der Waals surface area contributed by atoms with Gasteiger partial charge in [-0.3, -0.25) is 14.9 Å². The van der Waals surface area contributed by atoms with Gasteiger partial charge in [-0.15, -0.1) is 0 Å². The molecule has 1 rings (SSSR count). The lowest BCUT2D eigenvalue weighted by Gasteiger charge is -2.15. The summed E-state index contributed by atoms with van der Waals surface area (Å²) in [6.45, 7) is 4.79. The van der Waals surface area contributed by atoms with Crippen LogP contribution in [0.2, 0.25) is 5.02 Å². The molecule has 21 heavy (non-hydrogen) atoms. The standard InChI is InChI=1S/C15H21ClN2O3/c1-3-5-6-11(4-2)10-17-15(19)13-9-12(18(20)21)7-8-14(13)16/h7-9,11H,3-6,10H2,1-2H3,(H,17,19). The van der Waals surface area contributed by atoms with Crippen LogP contribution in [0.4, 0.5) is 5.69 Å². The van der Waals surface area contributed by atoms with Gasteiger partial charge in [0.05, 0.1) is 15.5 Å². The molecule has 1 aromatic carbocycles. The predicted octanol–water partition coefficient (Wildman–Crippen LogP) is 4.19. The number of hydrogen-bond acceptors (Lipinski definition) is 3. The largest absolute Gasteiger partial charge is 0.352 e. The first-order chi connectivity index (χ1) is 9.99. The van der Waals surface area contributed by atoms with Gasteiger partial charge < -0.3 is 5.32 Å². The molecule has 0 aliphatic heterocycles. The number of nitro benzene ring substituents is 1. The molecule has 0 bridgehead atoms. The molecule has 5 nitrogen and oxygen atoms in total.